The normalized spacial score (nSPS) is 25.5. The van der Waals surface area contributed by atoms with Crippen LogP contribution in [0.15, 0.2) is 43.2 Å². The Balaban J connectivity index is 1.30. The van der Waals surface area contributed by atoms with E-state index in [9.17, 15) is 9.59 Å². The molecule has 0 N–H and O–H groups in total. The smallest absolute Gasteiger partial charge is 0.254 e. The van der Waals surface area contributed by atoms with E-state index in [4.69, 9.17) is 4.74 Å². The first-order chi connectivity index (χ1) is 14.7. The summed E-state index contributed by atoms with van der Waals surface area (Å²) < 4.78 is 7.97. The average molecular weight is 409 g/mol. The first-order valence-electron chi connectivity index (χ1n) is 10.8. The molecule has 1 aliphatic carbocycles. The fourth-order valence-corrected chi connectivity index (χ4v) is 4.71. The predicted octanol–water partition coefficient (Wildman–Crippen LogP) is 1.65. The minimum atomic E-state index is -0.669. The van der Waals surface area contributed by atoms with Gasteiger partial charge in [0.05, 0.1) is 12.4 Å². The summed E-state index contributed by atoms with van der Waals surface area (Å²) in [5, 5.41) is 0. The van der Waals surface area contributed by atoms with Crippen molar-refractivity contribution in [2.45, 2.75) is 50.4 Å². The number of imidazole rings is 1. The van der Waals surface area contributed by atoms with Crippen LogP contribution in [-0.4, -0.2) is 68.0 Å². The number of likely N-dealkylation sites (tertiary alicyclic amines) is 1. The second kappa shape index (κ2) is 8.18. The van der Waals surface area contributed by atoms with E-state index in [0.29, 0.717) is 5.92 Å². The molecule has 2 atom stereocenters. The number of hydrogen-bond donors (Lipinski definition) is 0. The molecule has 2 aromatic heterocycles. The lowest BCUT2D eigenvalue weighted by atomic mass is 9.94. The Labute approximate surface area is 175 Å². The van der Waals surface area contributed by atoms with E-state index in [1.165, 1.54) is 0 Å². The van der Waals surface area contributed by atoms with Crippen molar-refractivity contribution in [1.82, 2.24) is 24.3 Å². The van der Waals surface area contributed by atoms with E-state index in [1.54, 1.807) is 18.6 Å². The van der Waals surface area contributed by atoms with Gasteiger partial charge in [-0.2, -0.15) is 0 Å². The van der Waals surface area contributed by atoms with Crippen molar-refractivity contribution in [2.24, 2.45) is 5.92 Å². The van der Waals surface area contributed by atoms with Crippen LogP contribution in [0.25, 0.3) is 0 Å². The molecule has 0 radical (unpaired) electrons. The number of piperidine rings is 1. The van der Waals surface area contributed by atoms with E-state index in [-0.39, 0.29) is 24.5 Å². The van der Waals surface area contributed by atoms with E-state index in [0.717, 1.165) is 50.9 Å². The third kappa shape index (κ3) is 3.84. The van der Waals surface area contributed by atoms with Crippen LogP contribution in [0.3, 0.4) is 0 Å². The molecule has 2 saturated heterocycles. The molecule has 2 aromatic rings. The number of carbonyl (C=O) groups excluding carboxylic acids is 2. The molecule has 2 amide bonds. The maximum atomic E-state index is 13.5. The standard InChI is InChI=1S/C22H27N5O3/c28-19-14-30-21(20(27(19)18-3-4-18)17-2-1-7-23-12-17)22(29)26-9-5-16(6-10-26)13-25-11-8-24-15-25/h1-2,7-8,11-12,15-16,18,20-21H,3-6,9-10,13-14H2/t20-,21+/m1/s1. The van der Waals surface area contributed by atoms with E-state index < -0.39 is 12.1 Å². The van der Waals surface area contributed by atoms with E-state index >= 15 is 0 Å². The maximum absolute atomic E-state index is 13.5. The highest BCUT2D eigenvalue weighted by atomic mass is 16.5. The Bertz CT molecular complexity index is 875. The SMILES string of the molecule is O=C([C@H]1OCC(=O)N(C2CC2)[C@@H]1c1cccnc1)N1CCC(Cn2ccnc2)CC1. The summed E-state index contributed by atoms with van der Waals surface area (Å²) in [7, 11) is 0. The van der Waals surface area contributed by atoms with Crippen LogP contribution in [0, 0.1) is 5.92 Å². The second-order valence-electron chi connectivity index (χ2n) is 8.52. The van der Waals surface area contributed by atoms with Gasteiger partial charge in [-0.1, -0.05) is 6.07 Å². The number of pyridine rings is 1. The van der Waals surface area contributed by atoms with Crippen molar-refractivity contribution < 1.29 is 14.3 Å². The topological polar surface area (TPSA) is 80.6 Å². The quantitative estimate of drug-likeness (QED) is 0.750. The van der Waals surface area contributed by atoms with Crippen LogP contribution < -0.4 is 0 Å². The highest BCUT2D eigenvalue weighted by Gasteiger charge is 2.48. The van der Waals surface area contributed by atoms with Gasteiger partial charge in [0.1, 0.15) is 6.61 Å². The maximum Gasteiger partial charge on any atom is 0.254 e. The summed E-state index contributed by atoms with van der Waals surface area (Å²) >= 11 is 0. The van der Waals surface area contributed by atoms with Crippen LogP contribution in [0.5, 0.6) is 0 Å². The number of nitrogens with zero attached hydrogens (tertiary/aromatic N) is 5. The van der Waals surface area contributed by atoms with Gasteiger partial charge in [0, 0.05) is 50.5 Å². The molecule has 0 aromatic carbocycles. The van der Waals surface area contributed by atoms with Gasteiger partial charge in [-0.25, -0.2) is 4.98 Å². The molecule has 0 unspecified atom stereocenters. The van der Waals surface area contributed by atoms with Crippen LogP contribution in [0.1, 0.15) is 37.3 Å². The minimum Gasteiger partial charge on any atom is -0.356 e. The van der Waals surface area contributed by atoms with Gasteiger partial charge in [-0.05, 0) is 43.2 Å². The molecule has 2 aliphatic heterocycles. The zero-order valence-electron chi connectivity index (χ0n) is 17.0. The van der Waals surface area contributed by atoms with E-state index in [1.807, 2.05) is 34.5 Å². The lowest BCUT2D eigenvalue weighted by molar-refractivity contribution is -0.171. The van der Waals surface area contributed by atoms with Gasteiger partial charge in [-0.15, -0.1) is 0 Å². The van der Waals surface area contributed by atoms with E-state index in [2.05, 4.69) is 14.5 Å². The Morgan fingerprint density at radius 1 is 1.13 bits per heavy atom. The van der Waals surface area contributed by atoms with Crippen LogP contribution in [0.4, 0.5) is 0 Å². The number of morpholine rings is 1. The molecule has 8 nitrogen and oxygen atoms in total. The Morgan fingerprint density at radius 3 is 2.63 bits per heavy atom. The van der Waals surface area contributed by atoms with Crippen molar-refractivity contribution in [3.05, 3.63) is 48.8 Å². The summed E-state index contributed by atoms with van der Waals surface area (Å²) in [5.74, 6) is 0.492. The highest BCUT2D eigenvalue weighted by molar-refractivity contribution is 5.87. The summed E-state index contributed by atoms with van der Waals surface area (Å²) in [4.78, 5) is 38.3. The van der Waals surface area contributed by atoms with Gasteiger partial charge >= 0.3 is 0 Å². The lowest BCUT2D eigenvalue weighted by Crippen LogP contribution is -2.56. The first-order valence-corrected chi connectivity index (χ1v) is 10.8. The number of amides is 2. The summed E-state index contributed by atoms with van der Waals surface area (Å²) in [5.41, 5.74) is 0.866. The van der Waals surface area contributed by atoms with Crippen LogP contribution >= 0.6 is 0 Å². The van der Waals surface area contributed by atoms with Gasteiger partial charge < -0.3 is 19.1 Å². The summed E-state index contributed by atoms with van der Waals surface area (Å²) in [6.45, 7) is 2.34. The second-order valence-corrected chi connectivity index (χ2v) is 8.52. The van der Waals surface area contributed by atoms with Crippen molar-refractivity contribution in [1.29, 1.82) is 0 Å². The molecule has 4 heterocycles. The number of ether oxygens (including phenoxy) is 1. The molecule has 0 spiro atoms. The van der Waals surface area contributed by atoms with Gasteiger partial charge in [0.15, 0.2) is 6.10 Å². The van der Waals surface area contributed by atoms with Crippen LogP contribution in [0.2, 0.25) is 0 Å². The summed E-state index contributed by atoms with van der Waals surface area (Å²) in [6.07, 6.45) is 12.3. The molecule has 158 valence electrons. The molecule has 8 heteroatoms. The monoisotopic (exact) mass is 409 g/mol. The zero-order valence-corrected chi connectivity index (χ0v) is 17.0. The van der Waals surface area contributed by atoms with Crippen molar-refractivity contribution >= 4 is 11.8 Å². The molecule has 5 rings (SSSR count). The molecular formula is C22H27N5O3. The van der Waals surface area contributed by atoms with Gasteiger partial charge in [0.2, 0.25) is 5.91 Å². The molecular weight excluding hydrogens is 382 g/mol. The molecule has 3 aliphatic rings. The summed E-state index contributed by atoms with van der Waals surface area (Å²) in [6, 6.07) is 3.60. The molecule has 30 heavy (non-hydrogen) atoms. The Hall–Kier alpha value is -2.74. The minimum absolute atomic E-state index is 0.0110. The zero-order chi connectivity index (χ0) is 20.5. The molecule has 3 fully saturated rings. The van der Waals surface area contributed by atoms with Crippen LogP contribution in [-0.2, 0) is 20.9 Å². The highest BCUT2D eigenvalue weighted by Crippen LogP contribution is 2.40. The first kappa shape index (κ1) is 19.2. The fraction of sp³-hybridized carbons (Fsp3) is 0.545. The number of carbonyl (C=O) groups is 2. The van der Waals surface area contributed by atoms with Crippen molar-refractivity contribution in [3.8, 4) is 0 Å². The lowest BCUT2D eigenvalue weighted by Gasteiger charge is -2.43. The molecule has 1 saturated carbocycles. The average Bonchev–Trinajstić information content (AvgIpc) is 3.49. The predicted molar refractivity (Wildman–Crippen MR) is 108 cm³/mol. The number of rotatable bonds is 5. The third-order valence-electron chi connectivity index (χ3n) is 6.42. The number of aromatic nitrogens is 3. The Morgan fingerprint density at radius 2 is 1.97 bits per heavy atom. The van der Waals surface area contributed by atoms with Gasteiger partial charge in [0.25, 0.3) is 5.91 Å². The molecule has 0 bridgehead atoms. The van der Waals surface area contributed by atoms with Gasteiger partial charge in [-0.3, -0.25) is 14.6 Å². The number of hydrogen-bond acceptors (Lipinski definition) is 5. The third-order valence-corrected chi connectivity index (χ3v) is 6.42. The Kier molecular flexibility index (Phi) is 5.25. The van der Waals surface area contributed by atoms with Crippen molar-refractivity contribution in [3.63, 3.8) is 0 Å². The largest absolute Gasteiger partial charge is 0.356 e. The van der Waals surface area contributed by atoms with Crippen molar-refractivity contribution in [2.75, 3.05) is 19.7 Å². The fourth-order valence-electron chi connectivity index (χ4n) is 4.71.